The van der Waals surface area contributed by atoms with E-state index in [9.17, 15) is 4.79 Å². The zero-order valence-electron chi connectivity index (χ0n) is 16.0. The van der Waals surface area contributed by atoms with Crippen molar-refractivity contribution in [3.63, 3.8) is 0 Å². The highest BCUT2D eigenvalue weighted by Crippen LogP contribution is 2.43. The maximum atomic E-state index is 12.4. The molecule has 3 heterocycles. The Bertz CT molecular complexity index is 879. The van der Waals surface area contributed by atoms with Gasteiger partial charge in [-0.3, -0.25) is 4.79 Å². The number of anilines is 1. The smallest absolute Gasteiger partial charge is 0.222 e. The predicted molar refractivity (Wildman–Crippen MR) is 106 cm³/mol. The lowest BCUT2D eigenvalue weighted by atomic mass is 9.73. The van der Waals surface area contributed by atoms with Crippen LogP contribution in [0.25, 0.3) is 10.9 Å². The van der Waals surface area contributed by atoms with Gasteiger partial charge in [0.25, 0.3) is 0 Å². The van der Waals surface area contributed by atoms with Crippen LogP contribution < -0.4 is 9.64 Å². The minimum absolute atomic E-state index is 0.228. The number of nitrogens with zero attached hydrogens (tertiary/aromatic N) is 3. The lowest BCUT2D eigenvalue weighted by Gasteiger charge is -2.48. The summed E-state index contributed by atoms with van der Waals surface area (Å²) in [6.07, 6.45) is 6.50. The molecule has 1 unspecified atom stereocenters. The van der Waals surface area contributed by atoms with E-state index in [4.69, 9.17) is 9.72 Å². The van der Waals surface area contributed by atoms with Crippen molar-refractivity contribution in [2.45, 2.75) is 44.6 Å². The number of rotatable bonds is 3. The highest BCUT2D eigenvalue weighted by atomic mass is 16.5. The SMILES string of the molecule is COc1cccc2ccc(N3CCCC4(CCC(=O)N(C5CC5)C4)C3)nc12. The maximum Gasteiger partial charge on any atom is 0.222 e. The predicted octanol–water partition coefficient (Wildman–Crippen LogP) is 3.61. The first-order valence-electron chi connectivity index (χ1n) is 10.2. The summed E-state index contributed by atoms with van der Waals surface area (Å²) in [6.45, 7) is 2.97. The van der Waals surface area contributed by atoms with Crippen LogP contribution in [0.1, 0.15) is 38.5 Å². The van der Waals surface area contributed by atoms with E-state index in [1.54, 1.807) is 7.11 Å². The van der Waals surface area contributed by atoms with Crippen LogP contribution in [-0.2, 0) is 4.79 Å². The van der Waals surface area contributed by atoms with Crippen molar-refractivity contribution in [2.75, 3.05) is 31.6 Å². The molecule has 1 aromatic heterocycles. The van der Waals surface area contributed by atoms with Crippen LogP contribution in [0.3, 0.4) is 0 Å². The first-order valence-corrected chi connectivity index (χ1v) is 10.2. The third-order valence-corrected chi connectivity index (χ3v) is 6.56. The van der Waals surface area contributed by atoms with Gasteiger partial charge in [-0.1, -0.05) is 12.1 Å². The number of amides is 1. The summed E-state index contributed by atoms with van der Waals surface area (Å²) in [5, 5.41) is 1.10. The van der Waals surface area contributed by atoms with Gasteiger partial charge in [0.15, 0.2) is 0 Å². The fourth-order valence-electron chi connectivity index (χ4n) is 4.95. The molecule has 5 rings (SSSR count). The van der Waals surface area contributed by atoms with E-state index >= 15 is 0 Å². The van der Waals surface area contributed by atoms with Gasteiger partial charge in [-0.05, 0) is 50.3 Å². The summed E-state index contributed by atoms with van der Waals surface area (Å²) >= 11 is 0. The Morgan fingerprint density at radius 3 is 2.85 bits per heavy atom. The second-order valence-corrected chi connectivity index (χ2v) is 8.48. The van der Waals surface area contributed by atoms with Crippen molar-refractivity contribution < 1.29 is 9.53 Å². The molecule has 1 saturated carbocycles. The normalized spacial score (nSPS) is 26.0. The molecule has 3 fully saturated rings. The van der Waals surface area contributed by atoms with Gasteiger partial charge < -0.3 is 14.5 Å². The van der Waals surface area contributed by atoms with Crippen LogP contribution in [0, 0.1) is 5.41 Å². The number of likely N-dealkylation sites (tertiary alicyclic amines) is 1. The van der Waals surface area contributed by atoms with Gasteiger partial charge in [-0.2, -0.15) is 0 Å². The summed E-state index contributed by atoms with van der Waals surface area (Å²) in [7, 11) is 1.70. The van der Waals surface area contributed by atoms with Gasteiger partial charge in [-0.15, -0.1) is 0 Å². The van der Waals surface area contributed by atoms with Crippen LogP contribution >= 0.6 is 0 Å². The molecule has 27 heavy (non-hydrogen) atoms. The van der Waals surface area contributed by atoms with Crippen LogP contribution in [0.15, 0.2) is 30.3 Å². The van der Waals surface area contributed by atoms with Crippen molar-refractivity contribution in [3.05, 3.63) is 30.3 Å². The topological polar surface area (TPSA) is 45.7 Å². The zero-order chi connectivity index (χ0) is 18.4. The molecule has 1 spiro atoms. The average molecular weight is 365 g/mol. The number of hydrogen-bond donors (Lipinski definition) is 0. The van der Waals surface area contributed by atoms with Gasteiger partial charge in [0.2, 0.25) is 5.91 Å². The average Bonchev–Trinajstić information content (AvgIpc) is 3.54. The Hall–Kier alpha value is -2.30. The fourth-order valence-corrected chi connectivity index (χ4v) is 4.95. The summed E-state index contributed by atoms with van der Waals surface area (Å²) in [4.78, 5) is 21.9. The molecule has 142 valence electrons. The van der Waals surface area contributed by atoms with Gasteiger partial charge in [0.05, 0.1) is 7.11 Å². The van der Waals surface area contributed by atoms with E-state index in [0.29, 0.717) is 18.4 Å². The van der Waals surface area contributed by atoms with Crippen molar-refractivity contribution >= 4 is 22.6 Å². The summed E-state index contributed by atoms with van der Waals surface area (Å²) in [5.74, 6) is 2.22. The number of aromatic nitrogens is 1. The Labute approximate surface area is 160 Å². The van der Waals surface area contributed by atoms with Crippen LogP contribution in [0.5, 0.6) is 5.75 Å². The van der Waals surface area contributed by atoms with Crippen LogP contribution in [0.4, 0.5) is 5.82 Å². The van der Waals surface area contributed by atoms with E-state index < -0.39 is 0 Å². The summed E-state index contributed by atoms with van der Waals surface area (Å²) in [6, 6.07) is 10.8. The molecule has 1 aromatic carbocycles. The van der Waals surface area contributed by atoms with Crippen molar-refractivity contribution in [1.82, 2.24) is 9.88 Å². The molecule has 1 amide bonds. The third kappa shape index (κ3) is 3.03. The Morgan fingerprint density at radius 2 is 2.04 bits per heavy atom. The molecule has 5 heteroatoms. The van der Waals surface area contributed by atoms with E-state index in [1.165, 1.54) is 25.7 Å². The van der Waals surface area contributed by atoms with Gasteiger partial charge in [-0.25, -0.2) is 4.98 Å². The molecule has 2 aliphatic heterocycles. The second kappa shape index (κ2) is 6.39. The molecule has 2 aromatic rings. The quantitative estimate of drug-likeness (QED) is 0.833. The number of carbonyl (C=O) groups is 1. The number of fused-ring (bicyclic) bond motifs is 1. The van der Waals surface area contributed by atoms with Crippen molar-refractivity contribution in [3.8, 4) is 5.75 Å². The van der Waals surface area contributed by atoms with Crippen LogP contribution in [-0.4, -0.2) is 48.6 Å². The molecule has 3 aliphatic rings. The number of hydrogen-bond acceptors (Lipinski definition) is 4. The van der Waals surface area contributed by atoms with E-state index in [2.05, 4.69) is 28.0 Å². The largest absolute Gasteiger partial charge is 0.494 e. The van der Waals surface area contributed by atoms with Gasteiger partial charge >= 0.3 is 0 Å². The Balaban J connectivity index is 1.42. The minimum atomic E-state index is 0.228. The molecule has 1 atom stereocenters. The highest BCUT2D eigenvalue weighted by Gasteiger charge is 2.45. The van der Waals surface area contributed by atoms with Crippen molar-refractivity contribution in [1.29, 1.82) is 0 Å². The fraction of sp³-hybridized carbons (Fsp3) is 0.545. The Morgan fingerprint density at radius 1 is 1.15 bits per heavy atom. The maximum absolute atomic E-state index is 12.4. The number of ether oxygens (including phenoxy) is 1. The minimum Gasteiger partial charge on any atom is -0.494 e. The highest BCUT2D eigenvalue weighted by molar-refractivity contribution is 5.86. The monoisotopic (exact) mass is 365 g/mol. The summed E-state index contributed by atoms with van der Waals surface area (Å²) in [5.41, 5.74) is 1.15. The van der Waals surface area contributed by atoms with Crippen LogP contribution in [0.2, 0.25) is 0 Å². The molecule has 1 aliphatic carbocycles. The number of benzene rings is 1. The summed E-state index contributed by atoms with van der Waals surface area (Å²) < 4.78 is 5.51. The van der Waals surface area contributed by atoms with E-state index in [-0.39, 0.29) is 5.41 Å². The molecular formula is C22H27N3O2. The molecule has 5 nitrogen and oxygen atoms in total. The number of piperidine rings is 2. The number of methoxy groups -OCH3 is 1. The Kier molecular flexibility index (Phi) is 3.99. The number of para-hydroxylation sites is 1. The second-order valence-electron chi connectivity index (χ2n) is 8.48. The molecular weight excluding hydrogens is 338 g/mol. The van der Waals surface area contributed by atoms with Crippen molar-refractivity contribution in [2.24, 2.45) is 5.41 Å². The molecule has 0 bridgehead atoms. The first kappa shape index (κ1) is 16.8. The van der Waals surface area contributed by atoms with E-state index in [1.807, 2.05) is 12.1 Å². The number of carbonyl (C=O) groups excluding carboxylic acids is 1. The number of pyridine rings is 1. The lowest BCUT2D eigenvalue weighted by molar-refractivity contribution is -0.138. The first-order chi connectivity index (χ1) is 13.2. The van der Waals surface area contributed by atoms with Gasteiger partial charge in [0.1, 0.15) is 17.1 Å². The molecule has 0 N–H and O–H groups in total. The lowest BCUT2D eigenvalue weighted by Crippen LogP contribution is -2.54. The van der Waals surface area contributed by atoms with E-state index in [0.717, 1.165) is 48.5 Å². The molecule has 0 radical (unpaired) electrons. The third-order valence-electron chi connectivity index (χ3n) is 6.56. The standard InChI is InChI=1S/C22H27N3O2/c1-27-18-5-2-4-16-6-9-19(23-21(16)18)24-13-3-11-22(14-24)12-10-20(26)25(15-22)17-7-8-17/h2,4-6,9,17H,3,7-8,10-15H2,1H3. The molecule has 2 saturated heterocycles. The van der Waals surface area contributed by atoms with Gasteiger partial charge in [0, 0.05) is 42.9 Å². The zero-order valence-corrected chi connectivity index (χ0v) is 16.0.